The van der Waals surface area contributed by atoms with Crippen LogP contribution >= 0.6 is 0 Å². The van der Waals surface area contributed by atoms with Crippen LogP contribution in [0.4, 0.5) is 0 Å². The number of carboxylic acid groups (broad SMARTS) is 1. The second-order valence-electron chi connectivity index (χ2n) is 5.54. The van der Waals surface area contributed by atoms with E-state index in [2.05, 4.69) is 18.4 Å². The quantitative estimate of drug-likeness (QED) is 0.857. The van der Waals surface area contributed by atoms with E-state index in [0.29, 0.717) is 12.0 Å². The van der Waals surface area contributed by atoms with Gasteiger partial charge in [-0.2, -0.15) is 0 Å². The average molecular weight is 289 g/mol. The zero-order valence-electron chi connectivity index (χ0n) is 12.9. The molecule has 4 nitrogen and oxygen atoms in total. The largest absolute Gasteiger partial charge is 0.478 e. The minimum Gasteiger partial charge on any atom is -0.478 e. The second-order valence-corrected chi connectivity index (χ2v) is 5.54. The Kier molecular flexibility index (Phi) is 4.68. The Morgan fingerprint density at radius 2 is 2.00 bits per heavy atom. The summed E-state index contributed by atoms with van der Waals surface area (Å²) in [6.07, 6.45) is 2.67. The highest BCUT2D eigenvalue weighted by Crippen LogP contribution is 2.31. The van der Waals surface area contributed by atoms with E-state index in [4.69, 9.17) is 5.11 Å². The number of carboxylic acids is 1. The molecule has 0 aliphatic rings. The number of nitrogens with zero attached hydrogens (tertiary/aromatic N) is 1. The van der Waals surface area contributed by atoms with Gasteiger partial charge in [0, 0.05) is 24.2 Å². The standard InChI is InChI=1S/C17H23NO3/c1-4-6-14-12(3)18(7-5-8-19)16-11(2)9-13(17(20)21)10-15(14)16/h9-10,19H,4-8H2,1-3H3,(H,20,21). The van der Waals surface area contributed by atoms with Crippen molar-refractivity contribution >= 4 is 16.9 Å². The van der Waals surface area contributed by atoms with Crippen molar-refractivity contribution in [2.45, 2.75) is 46.6 Å². The van der Waals surface area contributed by atoms with Crippen LogP contribution in [-0.4, -0.2) is 27.4 Å². The third kappa shape index (κ3) is 2.81. The second kappa shape index (κ2) is 6.31. The summed E-state index contributed by atoms with van der Waals surface area (Å²) in [6, 6.07) is 3.52. The minimum absolute atomic E-state index is 0.161. The van der Waals surface area contributed by atoms with Crippen LogP contribution in [-0.2, 0) is 13.0 Å². The predicted molar refractivity (Wildman–Crippen MR) is 84.1 cm³/mol. The van der Waals surface area contributed by atoms with Gasteiger partial charge in [-0.05, 0) is 49.9 Å². The van der Waals surface area contributed by atoms with Gasteiger partial charge in [0.25, 0.3) is 0 Å². The maximum absolute atomic E-state index is 11.3. The molecule has 4 heteroatoms. The van der Waals surface area contributed by atoms with Crippen molar-refractivity contribution < 1.29 is 15.0 Å². The van der Waals surface area contributed by atoms with Gasteiger partial charge in [-0.3, -0.25) is 0 Å². The molecular formula is C17H23NO3. The van der Waals surface area contributed by atoms with Gasteiger partial charge in [-0.25, -0.2) is 4.79 Å². The molecule has 0 atom stereocenters. The van der Waals surface area contributed by atoms with Crippen LogP contribution < -0.4 is 0 Å². The van der Waals surface area contributed by atoms with E-state index >= 15 is 0 Å². The molecule has 0 radical (unpaired) electrons. The smallest absolute Gasteiger partial charge is 0.335 e. The first-order chi connectivity index (χ1) is 10.0. The topological polar surface area (TPSA) is 62.5 Å². The Hall–Kier alpha value is -1.81. The number of aryl methyl sites for hydroxylation is 3. The van der Waals surface area contributed by atoms with Gasteiger partial charge in [0.1, 0.15) is 0 Å². The fourth-order valence-electron chi connectivity index (χ4n) is 3.09. The van der Waals surface area contributed by atoms with E-state index in [1.807, 2.05) is 6.92 Å². The number of hydrogen-bond donors (Lipinski definition) is 2. The number of rotatable bonds is 6. The lowest BCUT2D eigenvalue weighted by molar-refractivity contribution is 0.0697. The number of aromatic nitrogens is 1. The molecule has 0 saturated carbocycles. The number of aromatic carboxylic acids is 1. The van der Waals surface area contributed by atoms with Crippen molar-refractivity contribution in [3.05, 3.63) is 34.5 Å². The Morgan fingerprint density at radius 3 is 2.57 bits per heavy atom. The summed E-state index contributed by atoms with van der Waals surface area (Å²) in [5.41, 5.74) is 4.85. The number of aliphatic hydroxyl groups excluding tert-OH is 1. The van der Waals surface area contributed by atoms with Crippen molar-refractivity contribution in [3.8, 4) is 0 Å². The van der Waals surface area contributed by atoms with E-state index in [0.717, 1.165) is 35.9 Å². The third-order valence-electron chi connectivity index (χ3n) is 4.02. The molecule has 1 aromatic carbocycles. The number of fused-ring (bicyclic) bond motifs is 1. The molecule has 0 spiro atoms. The van der Waals surface area contributed by atoms with Crippen molar-refractivity contribution in [2.75, 3.05) is 6.61 Å². The fourth-order valence-corrected chi connectivity index (χ4v) is 3.09. The molecule has 2 aromatic rings. The van der Waals surface area contributed by atoms with Gasteiger partial charge >= 0.3 is 5.97 Å². The molecule has 0 bridgehead atoms. The Labute approximate surface area is 125 Å². The van der Waals surface area contributed by atoms with Gasteiger partial charge in [0.2, 0.25) is 0 Å². The molecule has 1 heterocycles. The normalized spacial score (nSPS) is 11.2. The molecule has 0 aliphatic carbocycles. The summed E-state index contributed by atoms with van der Waals surface area (Å²) in [6.45, 7) is 7.09. The molecule has 2 N–H and O–H groups in total. The highest BCUT2D eigenvalue weighted by molar-refractivity contribution is 5.97. The maximum atomic E-state index is 11.3. The van der Waals surface area contributed by atoms with Crippen LogP contribution in [0.2, 0.25) is 0 Å². The molecule has 21 heavy (non-hydrogen) atoms. The van der Waals surface area contributed by atoms with E-state index in [9.17, 15) is 9.90 Å². The maximum Gasteiger partial charge on any atom is 0.335 e. The summed E-state index contributed by atoms with van der Waals surface area (Å²) >= 11 is 0. The number of hydrogen-bond acceptors (Lipinski definition) is 2. The van der Waals surface area contributed by atoms with Gasteiger partial charge in [0.15, 0.2) is 0 Å². The summed E-state index contributed by atoms with van der Waals surface area (Å²) in [5.74, 6) is -0.886. The van der Waals surface area contributed by atoms with Crippen LogP contribution in [0.5, 0.6) is 0 Å². The van der Waals surface area contributed by atoms with Crippen molar-refractivity contribution in [1.82, 2.24) is 4.57 Å². The lowest BCUT2D eigenvalue weighted by Crippen LogP contribution is -2.04. The molecule has 1 aromatic heterocycles. The monoisotopic (exact) mass is 289 g/mol. The van der Waals surface area contributed by atoms with Gasteiger partial charge < -0.3 is 14.8 Å². The first kappa shape index (κ1) is 15.6. The Bertz CT molecular complexity index is 670. The number of carbonyl (C=O) groups is 1. The first-order valence-electron chi connectivity index (χ1n) is 7.47. The highest BCUT2D eigenvalue weighted by atomic mass is 16.4. The Balaban J connectivity index is 2.73. The van der Waals surface area contributed by atoms with Crippen molar-refractivity contribution in [3.63, 3.8) is 0 Å². The summed E-state index contributed by atoms with van der Waals surface area (Å²) in [4.78, 5) is 11.3. The van der Waals surface area contributed by atoms with Crippen LogP contribution in [0.15, 0.2) is 12.1 Å². The van der Waals surface area contributed by atoms with Crippen LogP contribution in [0.3, 0.4) is 0 Å². The van der Waals surface area contributed by atoms with Gasteiger partial charge in [-0.1, -0.05) is 13.3 Å². The van der Waals surface area contributed by atoms with E-state index in [1.165, 1.54) is 11.3 Å². The van der Waals surface area contributed by atoms with Gasteiger partial charge in [0.05, 0.1) is 11.1 Å². The summed E-state index contributed by atoms with van der Waals surface area (Å²) < 4.78 is 2.22. The molecule has 2 rings (SSSR count). The Morgan fingerprint density at radius 1 is 1.29 bits per heavy atom. The lowest BCUT2D eigenvalue weighted by Gasteiger charge is -2.09. The summed E-state index contributed by atoms with van der Waals surface area (Å²) in [7, 11) is 0. The highest BCUT2D eigenvalue weighted by Gasteiger charge is 2.17. The number of aliphatic hydroxyl groups is 1. The van der Waals surface area contributed by atoms with Crippen LogP contribution in [0.25, 0.3) is 10.9 Å². The number of benzene rings is 1. The van der Waals surface area contributed by atoms with Crippen molar-refractivity contribution in [2.24, 2.45) is 0 Å². The van der Waals surface area contributed by atoms with Gasteiger partial charge in [-0.15, -0.1) is 0 Å². The molecular weight excluding hydrogens is 266 g/mol. The minimum atomic E-state index is -0.886. The van der Waals surface area contributed by atoms with E-state index in [-0.39, 0.29) is 6.61 Å². The van der Waals surface area contributed by atoms with Crippen LogP contribution in [0.1, 0.15) is 46.9 Å². The lowest BCUT2D eigenvalue weighted by atomic mass is 10.0. The summed E-state index contributed by atoms with van der Waals surface area (Å²) in [5, 5.41) is 19.4. The molecule has 0 unspecified atom stereocenters. The third-order valence-corrected chi connectivity index (χ3v) is 4.02. The molecule has 0 aliphatic heterocycles. The molecule has 0 amide bonds. The predicted octanol–water partition coefficient (Wildman–Crippen LogP) is 3.29. The zero-order valence-corrected chi connectivity index (χ0v) is 12.9. The van der Waals surface area contributed by atoms with E-state index < -0.39 is 5.97 Å². The van der Waals surface area contributed by atoms with E-state index in [1.54, 1.807) is 12.1 Å². The SMILES string of the molecule is CCCc1c(C)n(CCCO)c2c(C)cc(C(=O)O)cc12. The van der Waals surface area contributed by atoms with Crippen LogP contribution in [0, 0.1) is 13.8 Å². The molecule has 0 saturated heterocycles. The molecule has 114 valence electrons. The fraction of sp³-hybridized carbons (Fsp3) is 0.471. The van der Waals surface area contributed by atoms with Crippen molar-refractivity contribution in [1.29, 1.82) is 0 Å². The first-order valence-corrected chi connectivity index (χ1v) is 7.47. The molecule has 0 fully saturated rings. The zero-order chi connectivity index (χ0) is 15.6. The average Bonchev–Trinajstić information content (AvgIpc) is 2.70.